The molecule has 66 valence electrons. The summed E-state index contributed by atoms with van der Waals surface area (Å²) in [6.45, 7) is 0.803. The lowest BCUT2D eigenvalue weighted by Gasteiger charge is -2.02. The highest BCUT2D eigenvalue weighted by Gasteiger charge is 2.24. The zero-order valence-corrected chi connectivity index (χ0v) is 7.71. The SMILES string of the molecule is N#Cc1c(Cl)cccc1CC1CO1. The highest BCUT2D eigenvalue weighted by molar-refractivity contribution is 6.31. The van der Waals surface area contributed by atoms with Crippen LogP contribution in [0.3, 0.4) is 0 Å². The summed E-state index contributed by atoms with van der Waals surface area (Å²) in [6, 6.07) is 7.63. The van der Waals surface area contributed by atoms with E-state index in [-0.39, 0.29) is 0 Å². The van der Waals surface area contributed by atoms with Gasteiger partial charge in [0.05, 0.1) is 23.3 Å². The van der Waals surface area contributed by atoms with Gasteiger partial charge in [0.25, 0.3) is 0 Å². The Balaban J connectivity index is 2.32. The van der Waals surface area contributed by atoms with E-state index in [1.165, 1.54) is 0 Å². The molecule has 1 aromatic carbocycles. The minimum Gasteiger partial charge on any atom is -0.373 e. The number of hydrogen-bond donors (Lipinski definition) is 0. The van der Waals surface area contributed by atoms with E-state index in [4.69, 9.17) is 21.6 Å². The Kier molecular flexibility index (Phi) is 2.22. The van der Waals surface area contributed by atoms with Crippen LogP contribution in [-0.2, 0) is 11.2 Å². The second-order valence-corrected chi connectivity index (χ2v) is 3.45. The van der Waals surface area contributed by atoms with Crippen LogP contribution in [0.25, 0.3) is 0 Å². The molecule has 0 spiro atoms. The van der Waals surface area contributed by atoms with Crippen LogP contribution in [0.1, 0.15) is 11.1 Å². The van der Waals surface area contributed by atoms with E-state index in [9.17, 15) is 0 Å². The maximum Gasteiger partial charge on any atom is 0.101 e. The third kappa shape index (κ3) is 1.82. The van der Waals surface area contributed by atoms with Crippen molar-refractivity contribution in [2.24, 2.45) is 0 Å². The molecule has 1 aliphatic heterocycles. The molecule has 0 N–H and O–H groups in total. The summed E-state index contributed by atoms with van der Waals surface area (Å²) in [6.07, 6.45) is 1.09. The number of benzene rings is 1. The lowest BCUT2D eigenvalue weighted by atomic mass is 10.0. The van der Waals surface area contributed by atoms with Gasteiger partial charge in [0.15, 0.2) is 0 Å². The van der Waals surface area contributed by atoms with Crippen molar-refractivity contribution in [2.45, 2.75) is 12.5 Å². The average Bonchev–Trinajstić information content (AvgIpc) is 2.89. The fourth-order valence-corrected chi connectivity index (χ4v) is 1.53. The predicted molar refractivity (Wildman–Crippen MR) is 49.6 cm³/mol. The maximum atomic E-state index is 8.86. The molecule has 13 heavy (non-hydrogen) atoms. The second-order valence-electron chi connectivity index (χ2n) is 3.05. The Bertz CT molecular complexity index is 366. The standard InChI is InChI=1S/C10H8ClNO/c11-10-3-1-2-7(9(10)5-12)4-8-6-13-8/h1-3,8H,4,6H2. The lowest BCUT2D eigenvalue weighted by Crippen LogP contribution is -1.96. The van der Waals surface area contributed by atoms with E-state index in [1.54, 1.807) is 6.07 Å². The van der Waals surface area contributed by atoms with Gasteiger partial charge in [-0.1, -0.05) is 23.7 Å². The van der Waals surface area contributed by atoms with Gasteiger partial charge in [0.1, 0.15) is 6.07 Å². The molecule has 1 atom stereocenters. The van der Waals surface area contributed by atoms with Crippen LogP contribution in [0.5, 0.6) is 0 Å². The molecule has 0 radical (unpaired) electrons. The molecule has 0 bridgehead atoms. The molecule has 0 amide bonds. The van der Waals surface area contributed by atoms with Crippen molar-refractivity contribution < 1.29 is 4.74 Å². The van der Waals surface area contributed by atoms with Crippen LogP contribution in [0, 0.1) is 11.3 Å². The van der Waals surface area contributed by atoms with Gasteiger partial charge in [-0.3, -0.25) is 0 Å². The quantitative estimate of drug-likeness (QED) is 0.675. The molecule has 0 saturated carbocycles. The summed E-state index contributed by atoms with van der Waals surface area (Å²) in [4.78, 5) is 0. The summed E-state index contributed by atoms with van der Waals surface area (Å²) in [7, 11) is 0. The molecule has 3 heteroatoms. The van der Waals surface area contributed by atoms with Gasteiger partial charge in [-0.05, 0) is 11.6 Å². The highest BCUT2D eigenvalue weighted by atomic mass is 35.5. The van der Waals surface area contributed by atoms with Crippen molar-refractivity contribution >= 4 is 11.6 Å². The van der Waals surface area contributed by atoms with E-state index < -0.39 is 0 Å². The van der Waals surface area contributed by atoms with E-state index in [0.29, 0.717) is 16.7 Å². The molecule has 0 aromatic heterocycles. The van der Waals surface area contributed by atoms with Gasteiger partial charge >= 0.3 is 0 Å². The normalized spacial score (nSPS) is 19.5. The van der Waals surface area contributed by atoms with Crippen LogP contribution >= 0.6 is 11.6 Å². The van der Waals surface area contributed by atoms with Crippen LogP contribution in [-0.4, -0.2) is 12.7 Å². The smallest absolute Gasteiger partial charge is 0.101 e. The monoisotopic (exact) mass is 193 g/mol. The van der Waals surface area contributed by atoms with Gasteiger partial charge < -0.3 is 4.74 Å². The zero-order chi connectivity index (χ0) is 9.26. The Morgan fingerprint density at radius 1 is 1.62 bits per heavy atom. The molecular formula is C10H8ClNO. The number of nitriles is 1. The number of ether oxygens (including phenoxy) is 1. The van der Waals surface area contributed by atoms with Gasteiger partial charge in [-0.15, -0.1) is 0 Å². The summed E-state index contributed by atoms with van der Waals surface area (Å²) >= 11 is 5.87. The molecule has 2 rings (SSSR count). The first-order chi connectivity index (χ1) is 6.31. The Morgan fingerprint density at radius 3 is 3.00 bits per heavy atom. The van der Waals surface area contributed by atoms with Crippen molar-refractivity contribution in [1.29, 1.82) is 5.26 Å². The average molecular weight is 194 g/mol. The largest absolute Gasteiger partial charge is 0.373 e. The molecule has 1 heterocycles. The summed E-state index contributed by atoms with van der Waals surface area (Å²) in [5, 5.41) is 9.39. The molecule has 1 fully saturated rings. The Labute approximate surface area is 81.7 Å². The maximum absolute atomic E-state index is 8.86. The molecule has 0 aliphatic carbocycles. The van der Waals surface area contributed by atoms with Gasteiger partial charge in [-0.2, -0.15) is 5.26 Å². The molecule has 2 nitrogen and oxygen atoms in total. The van der Waals surface area contributed by atoms with E-state index >= 15 is 0 Å². The molecule has 1 aliphatic rings. The minimum absolute atomic E-state index is 0.297. The highest BCUT2D eigenvalue weighted by Crippen LogP contribution is 2.23. The number of hydrogen-bond acceptors (Lipinski definition) is 2. The van der Waals surface area contributed by atoms with Crippen molar-refractivity contribution in [3.05, 3.63) is 34.3 Å². The summed E-state index contributed by atoms with van der Waals surface area (Å²) in [5.74, 6) is 0. The molecule has 1 unspecified atom stereocenters. The number of halogens is 1. The summed E-state index contributed by atoms with van der Waals surface area (Å²) in [5.41, 5.74) is 1.57. The van der Waals surface area contributed by atoms with E-state index in [1.807, 2.05) is 12.1 Å². The molecular weight excluding hydrogens is 186 g/mol. The predicted octanol–water partition coefficient (Wildman–Crippen LogP) is 2.15. The number of epoxide rings is 1. The van der Waals surface area contributed by atoms with Crippen LogP contribution in [0.4, 0.5) is 0 Å². The zero-order valence-electron chi connectivity index (χ0n) is 6.96. The van der Waals surface area contributed by atoms with E-state index in [2.05, 4.69) is 6.07 Å². The Hall–Kier alpha value is -1.04. The van der Waals surface area contributed by atoms with Gasteiger partial charge in [0, 0.05) is 6.42 Å². The van der Waals surface area contributed by atoms with Crippen molar-refractivity contribution in [3.8, 4) is 6.07 Å². The van der Waals surface area contributed by atoms with Crippen LogP contribution < -0.4 is 0 Å². The first kappa shape index (κ1) is 8.55. The number of rotatable bonds is 2. The molecule has 1 saturated heterocycles. The minimum atomic E-state index is 0.297. The van der Waals surface area contributed by atoms with Gasteiger partial charge in [0.2, 0.25) is 0 Å². The van der Waals surface area contributed by atoms with Crippen LogP contribution in [0.15, 0.2) is 18.2 Å². The molecule has 1 aromatic rings. The fourth-order valence-electron chi connectivity index (χ4n) is 1.30. The van der Waals surface area contributed by atoms with Crippen molar-refractivity contribution in [1.82, 2.24) is 0 Å². The Morgan fingerprint density at radius 2 is 2.38 bits per heavy atom. The summed E-state index contributed by atoms with van der Waals surface area (Å²) < 4.78 is 5.10. The van der Waals surface area contributed by atoms with Crippen molar-refractivity contribution in [3.63, 3.8) is 0 Å². The van der Waals surface area contributed by atoms with Gasteiger partial charge in [-0.25, -0.2) is 0 Å². The third-order valence-corrected chi connectivity index (χ3v) is 2.38. The first-order valence-electron chi connectivity index (χ1n) is 4.10. The lowest BCUT2D eigenvalue weighted by molar-refractivity contribution is 0.407. The van der Waals surface area contributed by atoms with Crippen LogP contribution in [0.2, 0.25) is 5.02 Å². The second kappa shape index (κ2) is 3.37. The van der Waals surface area contributed by atoms with Crippen molar-refractivity contribution in [2.75, 3.05) is 6.61 Å². The number of nitrogens with zero attached hydrogens (tertiary/aromatic N) is 1. The topological polar surface area (TPSA) is 36.3 Å². The fraction of sp³-hybridized carbons (Fsp3) is 0.300. The third-order valence-electron chi connectivity index (χ3n) is 2.06. The van der Waals surface area contributed by atoms with E-state index in [0.717, 1.165) is 18.6 Å². The first-order valence-corrected chi connectivity index (χ1v) is 4.48.